The maximum Gasteiger partial charge on any atom is 0.167 e. The molecule has 0 fully saturated rings. The lowest BCUT2D eigenvalue weighted by atomic mass is 9.90. The first-order valence-electron chi connectivity index (χ1n) is 11.3. The summed E-state index contributed by atoms with van der Waals surface area (Å²) in [6.45, 7) is 0. The number of benzene rings is 5. The fourth-order valence-electron chi connectivity index (χ4n) is 4.70. The third-order valence-electron chi connectivity index (χ3n) is 6.34. The largest absolute Gasteiger partial charge is 0.294 e. The van der Waals surface area contributed by atoms with Crippen molar-refractivity contribution < 1.29 is 4.79 Å². The number of ketones is 1. The van der Waals surface area contributed by atoms with Crippen LogP contribution < -0.4 is 0 Å². The fraction of sp³-hybridized carbons (Fsp3) is 0.0645. The van der Waals surface area contributed by atoms with Crippen LogP contribution in [-0.2, 0) is 6.42 Å². The first-order valence-corrected chi connectivity index (χ1v) is 12.1. The zero-order chi connectivity index (χ0) is 22.2. The molecule has 0 amide bonds. The molecule has 7 rings (SSSR count). The smallest absolute Gasteiger partial charge is 0.167 e. The SMILES string of the molecule is O=C1CC=Cc2ccc3cc4ccccc4cc3c21.c1ccc2c(c1)Cc1ccccc1S2. The van der Waals surface area contributed by atoms with Gasteiger partial charge in [-0.25, -0.2) is 0 Å². The van der Waals surface area contributed by atoms with Crippen LogP contribution in [0.15, 0.2) is 113 Å². The van der Waals surface area contributed by atoms with Crippen molar-refractivity contribution in [1.82, 2.24) is 0 Å². The van der Waals surface area contributed by atoms with Gasteiger partial charge in [-0.3, -0.25) is 4.79 Å². The van der Waals surface area contributed by atoms with Gasteiger partial charge in [0.1, 0.15) is 0 Å². The molecule has 0 saturated heterocycles. The quantitative estimate of drug-likeness (QED) is 0.220. The highest BCUT2D eigenvalue weighted by Crippen LogP contribution is 2.38. The van der Waals surface area contributed by atoms with Gasteiger partial charge in [-0.1, -0.05) is 96.7 Å². The van der Waals surface area contributed by atoms with E-state index in [1.807, 2.05) is 42.1 Å². The van der Waals surface area contributed by atoms with Crippen molar-refractivity contribution in [2.24, 2.45) is 0 Å². The Labute approximate surface area is 197 Å². The van der Waals surface area contributed by atoms with Crippen LogP contribution in [-0.4, -0.2) is 5.78 Å². The van der Waals surface area contributed by atoms with Gasteiger partial charge in [-0.05, 0) is 68.9 Å². The highest BCUT2D eigenvalue weighted by molar-refractivity contribution is 7.99. The standard InChI is InChI=1S/C18H12O.C13H10S/c19-17-7-3-6-12-8-9-15-10-13-4-1-2-5-14(13)11-16(15)18(12)17;1-3-7-12-10(5-1)9-11-6-2-4-8-13(11)14-12/h1-6,8-11H,7H2;1-8H,9H2. The van der Waals surface area contributed by atoms with Crippen molar-refractivity contribution in [2.75, 3.05) is 0 Å². The monoisotopic (exact) mass is 442 g/mol. The number of rotatable bonds is 0. The molecule has 1 aliphatic carbocycles. The Balaban J connectivity index is 0.000000131. The van der Waals surface area contributed by atoms with Gasteiger partial charge in [-0.15, -0.1) is 0 Å². The number of carbonyl (C=O) groups is 1. The molecular weight excluding hydrogens is 420 g/mol. The Morgan fingerprint density at radius 3 is 2.00 bits per heavy atom. The predicted octanol–water partition coefficient (Wildman–Crippen LogP) is 8.33. The van der Waals surface area contributed by atoms with E-state index in [2.05, 4.69) is 78.9 Å². The van der Waals surface area contributed by atoms with E-state index >= 15 is 0 Å². The fourth-order valence-corrected chi connectivity index (χ4v) is 5.77. The molecule has 2 aliphatic rings. The summed E-state index contributed by atoms with van der Waals surface area (Å²) in [5, 5.41) is 4.62. The highest BCUT2D eigenvalue weighted by atomic mass is 32.2. The minimum absolute atomic E-state index is 0.221. The van der Waals surface area contributed by atoms with Crippen LogP contribution >= 0.6 is 11.8 Å². The minimum Gasteiger partial charge on any atom is -0.294 e. The summed E-state index contributed by atoms with van der Waals surface area (Å²) in [6.07, 6.45) is 5.58. The third kappa shape index (κ3) is 3.77. The number of hydrogen-bond donors (Lipinski definition) is 0. The van der Waals surface area contributed by atoms with Crippen molar-refractivity contribution in [3.05, 3.63) is 125 Å². The minimum atomic E-state index is 0.221. The van der Waals surface area contributed by atoms with Gasteiger partial charge < -0.3 is 0 Å². The molecule has 0 unspecified atom stereocenters. The number of Topliss-reactive ketones (excluding diaryl/α,β-unsaturated/α-hetero) is 1. The Morgan fingerprint density at radius 1 is 0.636 bits per heavy atom. The number of carbonyl (C=O) groups excluding carboxylic acids is 1. The molecule has 0 aromatic heterocycles. The van der Waals surface area contributed by atoms with Crippen LogP contribution in [0.5, 0.6) is 0 Å². The van der Waals surface area contributed by atoms with E-state index in [0.717, 1.165) is 28.3 Å². The van der Waals surface area contributed by atoms with E-state index in [9.17, 15) is 4.79 Å². The second kappa shape index (κ2) is 8.38. The van der Waals surface area contributed by atoms with E-state index in [1.54, 1.807) is 0 Å². The maximum absolute atomic E-state index is 12.2. The zero-order valence-electron chi connectivity index (χ0n) is 18.1. The molecule has 1 aliphatic heterocycles. The normalized spacial score (nSPS) is 13.6. The molecule has 1 nitrogen and oxygen atoms in total. The summed E-state index contributed by atoms with van der Waals surface area (Å²) in [5.74, 6) is 0.221. The molecule has 1 heterocycles. The van der Waals surface area contributed by atoms with Crippen LogP contribution in [0.2, 0.25) is 0 Å². The lowest BCUT2D eigenvalue weighted by Crippen LogP contribution is -2.05. The Morgan fingerprint density at radius 2 is 1.27 bits per heavy atom. The molecule has 33 heavy (non-hydrogen) atoms. The summed E-state index contributed by atoms with van der Waals surface area (Å²) >= 11 is 1.88. The van der Waals surface area contributed by atoms with E-state index < -0.39 is 0 Å². The summed E-state index contributed by atoms with van der Waals surface area (Å²) in [4.78, 5) is 15.0. The highest BCUT2D eigenvalue weighted by Gasteiger charge is 2.17. The van der Waals surface area contributed by atoms with E-state index in [4.69, 9.17) is 0 Å². The van der Waals surface area contributed by atoms with Gasteiger partial charge >= 0.3 is 0 Å². The Kier molecular flexibility index (Phi) is 5.09. The van der Waals surface area contributed by atoms with Gasteiger partial charge in [-0.2, -0.15) is 0 Å². The van der Waals surface area contributed by atoms with Crippen molar-refractivity contribution >= 4 is 45.2 Å². The average Bonchev–Trinajstić information content (AvgIpc) is 2.86. The van der Waals surface area contributed by atoms with Gasteiger partial charge in [0.2, 0.25) is 0 Å². The molecule has 0 saturated carbocycles. The molecular formula is C31H22OS. The van der Waals surface area contributed by atoms with Crippen LogP contribution in [0.4, 0.5) is 0 Å². The molecule has 5 aromatic carbocycles. The summed E-state index contributed by atoms with van der Waals surface area (Å²) in [5.41, 5.74) is 4.83. The van der Waals surface area contributed by atoms with Gasteiger partial charge in [0.15, 0.2) is 5.78 Å². The maximum atomic E-state index is 12.2. The van der Waals surface area contributed by atoms with Crippen molar-refractivity contribution in [1.29, 1.82) is 0 Å². The van der Waals surface area contributed by atoms with Crippen LogP contribution in [0, 0.1) is 0 Å². The first kappa shape index (κ1) is 20.0. The second-order valence-corrected chi connectivity index (χ2v) is 9.56. The molecule has 0 radical (unpaired) electrons. The zero-order valence-corrected chi connectivity index (χ0v) is 18.9. The molecule has 0 spiro atoms. The van der Waals surface area contributed by atoms with Crippen LogP contribution in [0.3, 0.4) is 0 Å². The van der Waals surface area contributed by atoms with E-state index in [-0.39, 0.29) is 5.78 Å². The lowest BCUT2D eigenvalue weighted by Gasteiger charge is -2.17. The van der Waals surface area contributed by atoms with Gasteiger partial charge in [0, 0.05) is 21.8 Å². The average molecular weight is 443 g/mol. The Bertz CT molecular complexity index is 1470. The number of hydrogen-bond acceptors (Lipinski definition) is 2. The van der Waals surface area contributed by atoms with Crippen LogP contribution in [0.1, 0.15) is 33.5 Å². The molecule has 0 N–H and O–H groups in total. The van der Waals surface area contributed by atoms with Crippen LogP contribution in [0.25, 0.3) is 27.6 Å². The topological polar surface area (TPSA) is 17.1 Å². The molecule has 158 valence electrons. The van der Waals surface area contributed by atoms with Gasteiger partial charge in [0.05, 0.1) is 0 Å². The third-order valence-corrected chi connectivity index (χ3v) is 7.58. The second-order valence-electron chi connectivity index (χ2n) is 8.47. The summed E-state index contributed by atoms with van der Waals surface area (Å²) < 4.78 is 0. The molecule has 2 heteroatoms. The number of fused-ring (bicyclic) bond motifs is 6. The van der Waals surface area contributed by atoms with Crippen molar-refractivity contribution in [3.8, 4) is 0 Å². The van der Waals surface area contributed by atoms with E-state index in [1.165, 1.54) is 31.7 Å². The molecule has 5 aromatic rings. The van der Waals surface area contributed by atoms with Gasteiger partial charge in [0.25, 0.3) is 0 Å². The number of allylic oxidation sites excluding steroid dienone is 1. The van der Waals surface area contributed by atoms with Crippen molar-refractivity contribution in [2.45, 2.75) is 22.6 Å². The molecule has 0 atom stereocenters. The van der Waals surface area contributed by atoms with E-state index in [0.29, 0.717) is 6.42 Å². The predicted molar refractivity (Wildman–Crippen MR) is 139 cm³/mol. The summed E-state index contributed by atoms with van der Waals surface area (Å²) in [6, 6.07) is 34.0. The lowest BCUT2D eigenvalue weighted by molar-refractivity contribution is 0.0996. The molecule has 0 bridgehead atoms. The summed E-state index contributed by atoms with van der Waals surface area (Å²) in [7, 11) is 0. The van der Waals surface area contributed by atoms with Crippen molar-refractivity contribution in [3.63, 3.8) is 0 Å². The first-order chi connectivity index (χ1) is 16.3. The Hall–Kier alpha value is -3.62.